The predicted molar refractivity (Wildman–Crippen MR) is 45.4 cm³/mol. The molecule has 2 bridgehead atoms. The molecule has 0 spiro atoms. The second-order valence-corrected chi connectivity index (χ2v) is 3.68. The molecule has 0 amide bonds. The Bertz CT molecular complexity index is 218. The first-order valence-corrected chi connectivity index (χ1v) is 4.31. The molecule has 11 heavy (non-hydrogen) atoms. The van der Waals surface area contributed by atoms with Gasteiger partial charge in [0.05, 0.1) is 0 Å². The molecule has 0 aromatic carbocycles. The molecule has 2 saturated carbocycles. The van der Waals surface area contributed by atoms with E-state index in [4.69, 9.17) is 11.1 Å². The van der Waals surface area contributed by atoms with Gasteiger partial charge in [0.25, 0.3) is 0 Å². The van der Waals surface area contributed by atoms with Crippen LogP contribution in [0.3, 0.4) is 0 Å². The van der Waals surface area contributed by atoms with Gasteiger partial charge in [0.15, 0.2) is 0 Å². The molecular formula is C9H14N2. The summed E-state index contributed by atoms with van der Waals surface area (Å²) in [6.45, 7) is 0. The van der Waals surface area contributed by atoms with Gasteiger partial charge in [0.1, 0.15) is 0 Å². The number of allylic oxidation sites excluding steroid dienone is 1. The normalized spacial score (nSPS) is 40.0. The van der Waals surface area contributed by atoms with Crippen LogP contribution in [0.4, 0.5) is 0 Å². The molecule has 2 unspecified atom stereocenters. The number of rotatable bonds is 0. The molecule has 0 aromatic heterocycles. The van der Waals surface area contributed by atoms with Gasteiger partial charge >= 0.3 is 0 Å². The number of nitrogens with one attached hydrogen (secondary N) is 1. The van der Waals surface area contributed by atoms with Crippen LogP contribution in [0.1, 0.15) is 25.7 Å². The van der Waals surface area contributed by atoms with Gasteiger partial charge in [-0.25, -0.2) is 0 Å². The Balaban J connectivity index is 2.27. The van der Waals surface area contributed by atoms with E-state index in [1.54, 1.807) is 6.20 Å². The topological polar surface area (TPSA) is 49.9 Å². The minimum Gasteiger partial charge on any atom is -0.404 e. The summed E-state index contributed by atoms with van der Waals surface area (Å²) in [5.41, 5.74) is 7.40. The highest BCUT2D eigenvalue weighted by molar-refractivity contribution is 5.99. The Morgan fingerprint density at radius 2 is 2.27 bits per heavy atom. The highest BCUT2D eigenvalue weighted by Crippen LogP contribution is 2.42. The minimum atomic E-state index is 0.631. The zero-order chi connectivity index (χ0) is 7.84. The Kier molecular flexibility index (Phi) is 1.48. The lowest BCUT2D eigenvalue weighted by molar-refractivity contribution is 0.523. The maximum absolute atomic E-state index is 7.70. The smallest absolute Gasteiger partial charge is 0.0365 e. The Labute approximate surface area is 67.0 Å². The van der Waals surface area contributed by atoms with E-state index in [2.05, 4.69) is 0 Å². The lowest BCUT2D eigenvalue weighted by Crippen LogP contribution is -2.19. The fraction of sp³-hybridized carbons (Fsp3) is 0.667. The summed E-state index contributed by atoms with van der Waals surface area (Å²) in [5, 5.41) is 7.70. The van der Waals surface area contributed by atoms with Gasteiger partial charge in [-0.2, -0.15) is 0 Å². The van der Waals surface area contributed by atoms with E-state index in [0.717, 1.165) is 23.6 Å². The van der Waals surface area contributed by atoms with Crippen LogP contribution >= 0.6 is 0 Å². The van der Waals surface area contributed by atoms with Crippen LogP contribution in [0.5, 0.6) is 0 Å². The van der Waals surface area contributed by atoms with Crippen LogP contribution in [-0.4, -0.2) is 5.71 Å². The molecule has 3 N–H and O–H groups in total. The molecule has 0 saturated heterocycles. The van der Waals surface area contributed by atoms with E-state index < -0.39 is 0 Å². The van der Waals surface area contributed by atoms with Crippen LogP contribution < -0.4 is 5.73 Å². The SMILES string of the molecule is N=C1CC2CCC(C2)/C1=C/N. The lowest BCUT2D eigenvalue weighted by Gasteiger charge is -2.22. The Morgan fingerprint density at radius 1 is 1.45 bits per heavy atom. The van der Waals surface area contributed by atoms with Crippen molar-refractivity contribution in [1.82, 2.24) is 0 Å². The van der Waals surface area contributed by atoms with Crippen molar-refractivity contribution < 1.29 is 0 Å². The molecule has 2 fully saturated rings. The van der Waals surface area contributed by atoms with E-state index in [1.807, 2.05) is 0 Å². The van der Waals surface area contributed by atoms with E-state index in [-0.39, 0.29) is 0 Å². The molecule has 2 rings (SSSR count). The van der Waals surface area contributed by atoms with E-state index >= 15 is 0 Å². The van der Waals surface area contributed by atoms with Crippen LogP contribution in [0.15, 0.2) is 11.8 Å². The molecule has 2 heteroatoms. The fourth-order valence-corrected chi connectivity index (χ4v) is 2.43. The first kappa shape index (κ1) is 6.89. The van der Waals surface area contributed by atoms with Gasteiger partial charge in [0, 0.05) is 5.71 Å². The average Bonchev–Trinajstić information content (AvgIpc) is 2.34. The molecule has 2 aliphatic rings. The second kappa shape index (κ2) is 2.36. The third-order valence-electron chi connectivity index (χ3n) is 3.00. The predicted octanol–water partition coefficient (Wildman–Crippen LogP) is 1.67. The summed E-state index contributed by atoms with van der Waals surface area (Å²) < 4.78 is 0. The third-order valence-corrected chi connectivity index (χ3v) is 3.00. The molecule has 0 heterocycles. The summed E-state index contributed by atoms with van der Waals surface area (Å²) in [6, 6.07) is 0. The maximum Gasteiger partial charge on any atom is 0.0365 e. The molecular weight excluding hydrogens is 136 g/mol. The monoisotopic (exact) mass is 150 g/mol. The van der Waals surface area contributed by atoms with E-state index in [1.165, 1.54) is 19.3 Å². The molecule has 2 aliphatic carbocycles. The molecule has 2 nitrogen and oxygen atoms in total. The summed E-state index contributed by atoms with van der Waals surface area (Å²) >= 11 is 0. The Hall–Kier alpha value is -0.790. The standard InChI is InChI=1S/C9H14N2/c10-5-8-7-2-1-6(3-7)4-9(8)11/h5-7,11H,1-4,10H2/b8-5-,11-9?. The van der Waals surface area contributed by atoms with Crippen molar-refractivity contribution in [3.8, 4) is 0 Å². The highest BCUT2D eigenvalue weighted by atomic mass is 14.6. The summed E-state index contributed by atoms with van der Waals surface area (Å²) in [5.74, 6) is 1.43. The van der Waals surface area contributed by atoms with E-state index in [9.17, 15) is 0 Å². The summed E-state index contributed by atoms with van der Waals surface area (Å²) in [7, 11) is 0. The molecule has 0 aliphatic heterocycles. The van der Waals surface area contributed by atoms with Gasteiger partial charge in [0.2, 0.25) is 0 Å². The van der Waals surface area contributed by atoms with Gasteiger partial charge < -0.3 is 11.1 Å². The first-order chi connectivity index (χ1) is 5.31. The van der Waals surface area contributed by atoms with Crippen molar-refractivity contribution in [2.45, 2.75) is 25.7 Å². The first-order valence-electron chi connectivity index (χ1n) is 4.31. The average molecular weight is 150 g/mol. The van der Waals surface area contributed by atoms with Gasteiger partial charge in [-0.3, -0.25) is 0 Å². The molecule has 2 atom stereocenters. The molecule has 0 aromatic rings. The van der Waals surface area contributed by atoms with Crippen molar-refractivity contribution in [1.29, 1.82) is 5.41 Å². The summed E-state index contributed by atoms with van der Waals surface area (Å²) in [4.78, 5) is 0. The minimum absolute atomic E-state index is 0.631. The quantitative estimate of drug-likeness (QED) is 0.542. The molecule has 60 valence electrons. The second-order valence-electron chi connectivity index (χ2n) is 3.68. The zero-order valence-electron chi connectivity index (χ0n) is 6.64. The zero-order valence-corrected chi connectivity index (χ0v) is 6.64. The van der Waals surface area contributed by atoms with Crippen molar-refractivity contribution in [3.63, 3.8) is 0 Å². The number of nitrogens with two attached hydrogens (primary N) is 1. The third kappa shape index (κ3) is 0.971. The van der Waals surface area contributed by atoms with Gasteiger partial charge in [-0.1, -0.05) is 0 Å². The van der Waals surface area contributed by atoms with Crippen molar-refractivity contribution in [2.75, 3.05) is 0 Å². The maximum atomic E-state index is 7.70. The van der Waals surface area contributed by atoms with Gasteiger partial charge in [-0.15, -0.1) is 0 Å². The van der Waals surface area contributed by atoms with Gasteiger partial charge in [-0.05, 0) is 49.3 Å². The van der Waals surface area contributed by atoms with Crippen LogP contribution in [0, 0.1) is 17.2 Å². The fourth-order valence-electron chi connectivity index (χ4n) is 2.43. The number of fused-ring (bicyclic) bond motifs is 2. The lowest BCUT2D eigenvalue weighted by atomic mass is 9.84. The van der Waals surface area contributed by atoms with Crippen LogP contribution in [-0.2, 0) is 0 Å². The molecule has 0 radical (unpaired) electrons. The van der Waals surface area contributed by atoms with Crippen LogP contribution in [0.2, 0.25) is 0 Å². The van der Waals surface area contributed by atoms with Crippen molar-refractivity contribution in [2.24, 2.45) is 17.6 Å². The number of hydrogen-bond donors (Lipinski definition) is 2. The van der Waals surface area contributed by atoms with Crippen molar-refractivity contribution in [3.05, 3.63) is 11.8 Å². The highest BCUT2D eigenvalue weighted by Gasteiger charge is 2.34. The Morgan fingerprint density at radius 3 is 3.00 bits per heavy atom. The summed E-state index contributed by atoms with van der Waals surface area (Å²) in [6.07, 6.45) is 6.47. The van der Waals surface area contributed by atoms with Crippen LogP contribution in [0.25, 0.3) is 0 Å². The van der Waals surface area contributed by atoms with E-state index in [0.29, 0.717) is 5.92 Å². The van der Waals surface area contributed by atoms with Crippen molar-refractivity contribution >= 4 is 5.71 Å². The largest absolute Gasteiger partial charge is 0.404 e. The number of hydrogen-bond acceptors (Lipinski definition) is 2.